The van der Waals surface area contributed by atoms with Crippen LogP contribution in [0.1, 0.15) is 220 Å². The second kappa shape index (κ2) is 55.1. The fourth-order valence-electron chi connectivity index (χ4n) is 6.94. The quantitative estimate of drug-likeness (QED) is 0.0199. The van der Waals surface area contributed by atoms with E-state index in [9.17, 15) is 14.4 Å². The van der Waals surface area contributed by atoms with Crippen LogP contribution >= 0.6 is 0 Å². The summed E-state index contributed by atoms with van der Waals surface area (Å²) in [6, 6.07) is 0. The fourth-order valence-corrected chi connectivity index (χ4v) is 6.94. The van der Waals surface area contributed by atoms with E-state index in [1.165, 1.54) is 70.6 Å². The van der Waals surface area contributed by atoms with E-state index < -0.39 is 6.10 Å². The smallest absolute Gasteiger partial charge is 0.306 e. The summed E-state index contributed by atoms with van der Waals surface area (Å²) in [6.45, 7) is 6.26. The molecular formula is C62H98O6. The molecule has 0 saturated carbocycles. The first-order valence-corrected chi connectivity index (χ1v) is 27.2. The lowest BCUT2D eigenvalue weighted by Crippen LogP contribution is -2.30. The van der Waals surface area contributed by atoms with Crippen LogP contribution in [0.3, 0.4) is 0 Å². The summed E-state index contributed by atoms with van der Waals surface area (Å²) in [5.41, 5.74) is 0. The first kappa shape index (κ1) is 63.6. The predicted molar refractivity (Wildman–Crippen MR) is 292 cm³/mol. The van der Waals surface area contributed by atoms with E-state index in [0.717, 1.165) is 103 Å². The monoisotopic (exact) mass is 939 g/mol. The number of allylic oxidation sites excluding steroid dienone is 22. The summed E-state index contributed by atoms with van der Waals surface area (Å²) in [5.74, 6) is -1.07. The highest BCUT2D eigenvalue weighted by molar-refractivity contribution is 5.71. The third-order valence-corrected chi connectivity index (χ3v) is 11.0. The molecule has 0 bridgehead atoms. The van der Waals surface area contributed by atoms with Gasteiger partial charge in [0.2, 0.25) is 0 Å². The van der Waals surface area contributed by atoms with Crippen molar-refractivity contribution in [3.63, 3.8) is 0 Å². The Balaban J connectivity index is 4.57. The second-order valence-corrected chi connectivity index (χ2v) is 17.5. The first-order valence-electron chi connectivity index (χ1n) is 27.2. The maximum atomic E-state index is 12.8. The normalized spacial score (nSPS) is 13.2. The molecule has 1 atom stereocenters. The van der Waals surface area contributed by atoms with Gasteiger partial charge in [0, 0.05) is 19.3 Å². The number of carbonyl (C=O) groups is 3. The fraction of sp³-hybridized carbons (Fsp3) is 0.597. The van der Waals surface area contributed by atoms with Gasteiger partial charge < -0.3 is 14.2 Å². The lowest BCUT2D eigenvalue weighted by atomic mass is 10.1. The van der Waals surface area contributed by atoms with Gasteiger partial charge in [-0.05, 0) is 103 Å². The average molecular weight is 939 g/mol. The minimum absolute atomic E-state index is 0.130. The maximum absolute atomic E-state index is 12.8. The highest BCUT2D eigenvalue weighted by Crippen LogP contribution is 2.13. The Morgan fingerprint density at radius 2 is 0.676 bits per heavy atom. The van der Waals surface area contributed by atoms with Crippen LogP contribution < -0.4 is 0 Å². The Labute approximate surface area is 417 Å². The summed E-state index contributed by atoms with van der Waals surface area (Å²) in [4.78, 5) is 38.0. The van der Waals surface area contributed by atoms with E-state index in [1.54, 1.807) is 0 Å². The molecule has 6 nitrogen and oxygen atoms in total. The Morgan fingerprint density at radius 3 is 1.18 bits per heavy atom. The van der Waals surface area contributed by atoms with Gasteiger partial charge in [-0.25, -0.2) is 0 Å². The zero-order valence-corrected chi connectivity index (χ0v) is 43.6. The molecule has 0 amide bonds. The molecule has 68 heavy (non-hydrogen) atoms. The third kappa shape index (κ3) is 52.5. The van der Waals surface area contributed by atoms with Crippen molar-refractivity contribution in [3.05, 3.63) is 134 Å². The highest BCUT2D eigenvalue weighted by Gasteiger charge is 2.19. The van der Waals surface area contributed by atoms with Crippen molar-refractivity contribution in [1.29, 1.82) is 0 Å². The number of esters is 3. The first-order chi connectivity index (χ1) is 33.5. The largest absolute Gasteiger partial charge is 0.462 e. The molecule has 0 N–H and O–H groups in total. The van der Waals surface area contributed by atoms with Crippen LogP contribution in [0.4, 0.5) is 0 Å². The molecule has 1 unspecified atom stereocenters. The Hall–Kier alpha value is -4.45. The van der Waals surface area contributed by atoms with Gasteiger partial charge in [-0.3, -0.25) is 14.4 Å². The molecule has 0 radical (unpaired) electrons. The van der Waals surface area contributed by atoms with E-state index in [2.05, 4.69) is 106 Å². The van der Waals surface area contributed by atoms with Crippen molar-refractivity contribution in [1.82, 2.24) is 0 Å². The minimum Gasteiger partial charge on any atom is -0.462 e. The Bertz CT molecular complexity index is 1500. The van der Waals surface area contributed by atoms with Crippen LogP contribution in [0, 0.1) is 0 Å². The zero-order chi connectivity index (χ0) is 49.3. The van der Waals surface area contributed by atoms with Crippen LogP contribution in [0.25, 0.3) is 0 Å². The van der Waals surface area contributed by atoms with Gasteiger partial charge in [0.15, 0.2) is 6.10 Å². The van der Waals surface area contributed by atoms with Crippen molar-refractivity contribution in [3.8, 4) is 0 Å². The standard InChI is InChI=1S/C62H98O6/c1-4-7-10-13-16-19-22-25-27-29-31-33-34-37-40-43-46-49-52-55-61(64)67-58-59(57-66-60(63)54-51-48-45-42-39-36-24-21-18-15-12-9-6-3)68-62(65)56-53-50-47-44-41-38-35-32-30-28-26-23-20-17-14-11-8-5-2/h7,9-10,12,15-16,18-19,21,24-25,27,31-33,35-37,39-40,46,49,59H,4-6,8,11,13-14,17,20,22-23,26,28-30,34,38,41-45,47-48,50-58H2,1-3H3/b10-7-,12-9-,18-15-,19-16-,24-21-,27-25-,33-31-,35-32-,39-36-,40-37-,49-46-. The molecule has 0 aromatic rings. The molecule has 0 aliphatic heterocycles. The molecule has 0 saturated heterocycles. The van der Waals surface area contributed by atoms with Gasteiger partial charge in [-0.2, -0.15) is 0 Å². The molecule has 0 rings (SSSR count). The van der Waals surface area contributed by atoms with Crippen LogP contribution in [-0.2, 0) is 28.6 Å². The van der Waals surface area contributed by atoms with Gasteiger partial charge in [0.25, 0.3) is 0 Å². The SMILES string of the molecule is CC\C=C/C=C\C=C/C=C\CCCCCC(=O)OCC(COC(=O)CC/C=C\C/C=C\C/C=C\C/C=C\C/C=C\C/C=C\CC)OC(=O)CCCCCCC/C=C\CCCCCCCCCCC. The molecule has 0 spiro atoms. The molecule has 0 fully saturated rings. The van der Waals surface area contributed by atoms with Crippen LogP contribution in [0.15, 0.2) is 134 Å². The van der Waals surface area contributed by atoms with E-state index in [4.69, 9.17) is 14.2 Å². The second-order valence-electron chi connectivity index (χ2n) is 17.5. The Kier molecular flexibility index (Phi) is 51.5. The number of hydrogen-bond acceptors (Lipinski definition) is 6. The summed E-state index contributed by atoms with van der Waals surface area (Å²) in [5, 5.41) is 0. The van der Waals surface area contributed by atoms with Gasteiger partial charge in [0.1, 0.15) is 13.2 Å². The Morgan fingerprint density at radius 1 is 0.324 bits per heavy atom. The van der Waals surface area contributed by atoms with Crippen molar-refractivity contribution in [2.45, 2.75) is 226 Å². The number of hydrogen-bond donors (Lipinski definition) is 0. The lowest BCUT2D eigenvalue weighted by molar-refractivity contribution is -0.166. The summed E-state index contributed by atoms with van der Waals surface area (Å²) in [7, 11) is 0. The van der Waals surface area contributed by atoms with Crippen molar-refractivity contribution in [2.75, 3.05) is 13.2 Å². The topological polar surface area (TPSA) is 78.9 Å². The zero-order valence-electron chi connectivity index (χ0n) is 43.6. The van der Waals surface area contributed by atoms with Gasteiger partial charge in [-0.15, -0.1) is 0 Å². The molecule has 0 aliphatic rings. The van der Waals surface area contributed by atoms with Gasteiger partial charge in [0.05, 0.1) is 0 Å². The predicted octanol–water partition coefficient (Wildman–Crippen LogP) is 18.3. The summed E-state index contributed by atoms with van der Waals surface area (Å²) in [6.07, 6.45) is 77.4. The number of unbranched alkanes of at least 4 members (excludes halogenated alkanes) is 17. The van der Waals surface area contributed by atoms with Gasteiger partial charge in [-0.1, -0.05) is 231 Å². The average Bonchev–Trinajstić information content (AvgIpc) is 3.34. The lowest BCUT2D eigenvalue weighted by Gasteiger charge is -2.18. The summed E-state index contributed by atoms with van der Waals surface area (Å²) >= 11 is 0. The van der Waals surface area contributed by atoms with E-state index >= 15 is 0 Å². The van der Waals surface area contributed by atoms with E-state index in [-0.39, 0.29) is 44.0 Å². The molecule has 0 aromatic carbocycles. The van der Waals surface area contributed by atoms with Crippen LogP contribution in [0.2, 0.25) is 0 Å². The van der Waals surface area contributed by atoms with E-state index in [1.807, 2.05) is 48.6 Å². The third-order valence-electron chi connectivity index (χ3n) is 11.0. The number of rotatable bonds is 47. The van der Waals surface area contributed by atoms with Gasteiger partial charge >= 0.3 is 17.9 Å². The number of ether oxygens (including phenoxy) is 3. The molecular weight excluding hydrogens is 841 g/mol. The number of carbonyl (C=O) groups excluding carboxylic acids is 3. The minimum atomic E-state index is -0.834. The molecule has 382 valence electrons. The van der Waals surface area contributed by atoms with Crippen LogP contribution in [0.5, 0.6) is 0 Å². The van der Waals surface area contributed by atoms with Crippen molar-refractivity contribution < 1.29 is 28.6 Å². The highest BCUT2D eigenvalue weighted by atomic mass is 16.6. The summed E-state index contributed by atoms with van der Waals surface area (Å²) < 4.78 is 16.7. The maximum Gasteiger partial charge on any atom is 0.306 e. The molecule has 0 aromatic heterocycles. The molecule has 6 heteroatoms. The van der Waals surface area contributed by atoms with E-state index in [0.29, 0.717) is 12.8 Å². The van der Waals surface area contributed by atoms with Crippen molar-refractivity contribution >= 4 is 17.9 Å². The van der Waals surface area contributed by atoms with Crippen molar-refractivity contribution in [2.24, 2.45) is 0 Å². The molecule has 0 heterocycles. The molecule has 0 aliphatic carbocycles. The van der Waals surface area contributed by atoms with Crippen LogP contribution in [-0.4, -0.2) is 37.2 Å².